The highest BCUT2D eigenvalue weighted by Gasteiger charge is 2.21. The third-order valence-corrected chi connectivity index (χ3v) is 2.43. The Kier molecular flexibility index (Phi) is 2.41. The number of carbonyl (C=O) groups excluding carboxylic acids is 1. The molecule has 1 heterocycles. The molecule has 15 heavy (non-hydrogen) atoms. The van der Waals surface area contributed by atoms with Gasteiger partial charge in [-0.05, 0) is 30.7 Å². The van der Waals surface area contributed by atoms with Gasteiger partial charge in [0, 0.05) is 17.8 Å². The van der Waals surface area contributed by atoms with Gasteiger partial charge >= 0.3 is 0 Å². The van der Waals surface area contributed by atoms with Gasteiger partial charge in [0.2, 0.25) is 5.91 Å². The second-order valence-electron chi connectivity index (χ2n) is 3.44. The van der Waals surface area contributed by atoms with Crippen molar-refractivity contribution in [3.63, 3.8) is 0 Å². The Balaban J connectivity index is 2.23. The van der Waals surface area contributed by atoms with Crippen LogP contribution in [0.4, 0.5) is 5.69 Å². The second-order valence-corrected chi connectivity index (χ2v) is 3.44. The molecule has 1 aromatic rings. The number of amides is 1. The number of nitrogens with one attached hydrogen (secondary N) is 1. The van der Waals surface area contributed by atoms with Crippen LogP contribution in [-0.4, -0.2) is 18.3 Å². The number of amidine groups is 1. The zero-order valence-corrected chi connectivity index (χ0v) is 8.23. The van der Waals surface area contributed by atoms with E-state index in [9.17, 15) is 4.79 Å². The van der Waals surface area contributed by atoms with E-state index in [2.05, 4.69) is 0 Å². The molecule has 0 aromatic heterocycles. The molecule has 4 heteroatoms. The number of hydrogen-bond donors (Lipinski definition) is 2. The molecule has 1 aliphatic rings. The molecule has 1 radical (unpaired) electrons. The van der Waals surface area contributed by atoms with Crippen LogP contribution >= 0.6 is 0 Å². The first-order valence-corrected chi connectivity index (χ1v) is 4.77. The summed E-state index contributed by atoms with van der Waals surface area (Å²) in [5.74, 6) is 0.0893. The van der Waals surface area contributed by atoms with E-state index in [1.165, 1.54) is 0 Å². The summed E-state index contributed by atoms with van der Waals surface area (Å²) in [5.41, 5.74) is 6.88. The Bertz CT molecular complexity index is 397. The fraction of sp³-hybridized carbons (Fsp3) is 0.182. The first kappa shape index (κ1) is 9.71. The summed E-state index contributed by atoms with van der Waals surface area (Å²) in [4.78, 5) is 13.1. The molecule has 0 bridgehead atoms. The molecule has 1 fully saturated rings. The van der Waals surface area contributed by atoms with Crippen LogP contribution in [0.2, 0.25) is 0 Å². The van der Waals surface area contributed by atoms with Crippen molar-refractivity contribution in [2.75, 3.05) is 11.4 Å². The van der Waals surface area contributed by atoms with Gasteiger partial charge < -0.3 is 10.6 Å². The SMILES string of the molecule is N=C(N)c1ccc(N2CC[CH]C2=O)cc1. The Morgan fingerprint density at radius 3 is 2.47 bits per heavy atom. The first-order chi connectivity index (χ1) is 7.18. The van der Waals surface area contributed by atoms with Crippen molar-refractivity contribution < 1.29 is 4.79 Å². The van der Waals surface area contributed by atoms with Gasteiger partial charge in [-0.2, -0.15) is 0 Å². The van der Waals surface area contributed by atoms with Crippen LogP contribution in [-0.2, 0) is 4.79 Å². The molecule has 0 spiro atoms. The van der Waals surface area contributed by atoms with Crippen LogP contribution < -0.4 is 10.6 Å². The predicted molar refractivity (Wildman–Crippen MR) is 58.7 cm³/mol. The van der Waals surface area contributed by atoms with E-state index in [4.69, 9.17) is 11.1 Å². The molecule has 2 rings (SSSR count). The normalized spacial score (nSPS) is 15.7. The lowest BCUT2D eigenvalue weighted by Gasteiger charge is -2.15. The lowest BCUT2D eigenvalue weighted by molar-refractivity contribution is -0.114. The van der Waals surface area contributed by atoms with Crippen molar-refractivity contribution in [2.24, 2.45) is 5.73 Å². The summed E-state index contributed by atoms with van der Waals surface area (Å²) in [5, 5.41) is 7.25. The highest BCUT2D eigenvalue weighted by Crippen LogP contribution is 2.20. The molecular formula is C11H12N3O. The molecule has 0 atom stereocenters. The maximum Gasteiger partial charge on any atom is 0.230 e. The molecule has 0 aliphatic carbocycles. The van der Waals surface area contributed by atoms with E-state index in [0.29, 0.717) is 5.56 Å². The van der Waals surface area contributed by atoms with Gasteiger partial charge in [0.15, 0.2) is 0 Å². The fourth-order valence-electron chi connectivity index (χ4n) is 1.61. The van der Waals surface area contributed by atoms with Crippen molar-refractivity contribution in [1.82, 2.24) is 0 Å². The minimum Gasteiger partial charge on any atom is -0.384 e. The number of nitrogens with two attached hydrogens (primary N) is 1. The Morgan fingerprint density at radius 1 is 1.33 bits per heavy atom. The molecular weight excluding hydrogens is 190 g/mol. The van der Waals surface area contributed by atoms with Gasteiger partial charge in [0.05, 0.1) is 6.42 Å². The second kappa shape index (κ2) is 3.73. The average Bonchev–Trinajstić information content (AvgIpc) is 2.65. The molecule has 4 nitrogen and oxygen atoms in total. The van der Waals surface area contributed by atoms with E-state index < -0.39 is 0 Å². The summed E-state index contributed by atoms with van der Waals surface area (Å²) in [6.07, 6.45) is 2.48. The number of carbonyl (C=O) groups is 1. The summed E-state index contributed by atoms with van der Waals surface area (Å²) in [6.45, 7) is 0.734. The van der Waals surface area contributed by atoms with Crippen LogP contribution in [0.1, 0.15) is 12.0 Å². The lowest BCUT2D eigenvalue weighted by atomic mass is 10.2. The van der Waals surface area contributed by atoms with Crippen LogP contribution in [0.25, 0.3) is 0 Å². The van der Waals surface area contributed by atoms with Gasteiger partial charge in [-0.15, -0.1) is 0 Å². The van der Waals surface area contributed by atoms with Crippen molar-refractivity contribution in [2.45, 2.75) is 6.42 Å². The van der Waals surface area contributed by atoms with Crippen LogP contribution in [0.3, 0.4) is 0 Å². The molecule has 77 valence electrons. The number of nitrogen functional groups attached to an aromatic ring is 1. The number of anilines is 1. The van der Waals surface area contributed by atoms with Crippen LogP contribution in [0, 0.1) is 11.8 Å². The Labute approximate surface area is 88.2 Å². The van der Waals surface area contributed by atoms with Gasteiger partial charge in [-0.25, -0.2) is 0 Å². The number of nitrogens with zero attached hydrogens (tertiary/aromatic N) is 1. The van der Waals surface area contributed by atoms with Gasteiger partial charge in [-0.3, -0.25) is 10.2 Å². The highest BCUT2D eigenvalue weighted by atomic mass is 16.2. The van der Waals surface area contributed by atoms with Crippen molar-refractivity contribution in [3.05, 3.63) is 36.2 Å². The zero-order valence-electron chi connectivity index (χ0n) is 8.23. The van der Waals surface area contributed by atoms with E-state index in [-0.39, 0.29) is 11.7 Å². The Hall–Kier alpha value is -1.84. The summed E-state index contributed by atoms with van der Waals surface area (Å²) in [7, 11) is 0. The number of benzene rings is 1. The molecule has 1 aromatic carbocycles. The van der Waals surface area contributed by atoms with Crippen molar-refractivity contribution >= 4 is 17.4 Å². The van der Waals surface area contributed by atoms with Gasteiger partial charge in [0.25, 0.3) is 0 Å². The molecule has 1 amide bonds. The van der Waals surface area contributed by atoms with E-state index in [0.717, 1.165) is 18.7 Å². The maximum atomic E-state index is 11.4. The maximum absolute atomic E-state index is 11.4. The molecule has 1 saturated heterocycles. The van der Waals surface area contributed by atoms with Crippen molar-refractivity contribution in [3.8, 4) is 0 Å². The molecule has 0 saturated carbocycles. The topological polar surface area (TPSA) is 70.2 Å². The van der Waals surface area contributed by atoms with E-state index >= 15 is 0 Å². The van der Waals surface area contributed by atoms with E-state index in [1.807, 2.05) is 12.1 Å². The lowest BCUT2D eigenvalue weighted by Crippen LogP contribution is -2.23. The molecule has 0 unspecified atom stereocenters. The monoisotopic (exact) mass is 202 g/mol. The quantitative estimate of drug-likeness (QED) is 0.552. The minimum atomic E-state index is 0.0425. The molecule has 3 N–H and O–H groups in total. The highest BCUT2D eigenvalue weighted by molar-refractivity contribution is 6.02. The summed E-state index contributed by atoms with van der Waals surface area (Å²) < 4.78 is 0. The van der Waals surface area contributed by atoms with Gasteiger partial charge in [0.1, 0.15) is 5.84 Å². The fourth-order valence-corrected chi connectivity index (χ4v) is 1.61. The first-order valence-electron chi connectivity index (χ1n) is 4.77. The minimum absolute atomic E-state index is 0.0425. The van der Waals surface area contributed by atoms with Crippen molar-refractivity contribution in [1.29, 1.82) is 5.41 Å². The smallest absolute Gasteiger partial charge is 0.230 e. The van der Waals surface area contributed by atoms with Gasteiger partial charge in [-0.1, -0.05) is 0 Å². The zero-order chi connectivity index (χ0) is 10.8. The number of rotatable bonds is 2. The average molecular weight is 202 g/mol. The standard InChI is InChI=1S/C11H12N3O/c12-11(13)8-3-5-9(6-4-8)14-7-1-2-10(14)15/h2-6H,1,7H2,(H3,12,13). The summed E-state index contributed by atoms with van der Waals surface area (Å²) in [6, 6.07) is 7.13. The third-order valence-electron chi connectivity index (χ3n) is 2.43. The Morgan fingerprint density at radius 2 is 2.00 bits per heavy atom. The van der Waals surface area contributed by atoms with E-state index in [1.54, 1.807) is 23.5 Å². The third kappa shape index (κ3) is 1.83. The largest absolute Gasteiger partial charge is 0.384 e. The number of hydrogen-bond acceptors (Lipinski definition) is 2. The predicted octanol–water partition coefficient (Wildman–Crippen LogP) is 0.912. The van der Waals surface area contributed by atoms with Crippen LogP contribution in [0.5, 0.6) is 0 Å². The molecule has 1 aliphatic heterocycles. The van der Waals surface area contributed by atoms with Crippen LogP contribution in [0.15, 0.2) is 24.3 Å². The summed E-state index contributed by atoms with van der Waals surface area (Å²) >= 11 is 0.